The van der Waals surface area contributed by atoms with Crippen molar-refractivity contribution in [2.45, 2.75) is 20.0 Å². The largest absolute Gasteiger partial charge is 0.490 e. The number of aromatic nitrogens is 2. The Morgan fingerprint density at radius 1 is 1.09 bits per heavy atom. The van der Waals surface area contributed by atoms with E-state index in [0.717, 1.165) is 11.1 Å². The third-order valence-electron chi connectivity index (χ3n) is 5.25. The van der Waals surface area contributed by atoms with Gasteiger partial charge in [-0.05, 0) is 73.0 Å². The van der Waals surface area contributed by atoms with E-state index in [0.29, 0.717) is 46.9 Å². The van der Waals surface area contributed by atoms with E-state index in [4.69, 9.17) is 9.47 Å². The van der Waals surface area contributed by atoms with E-state index in [-0.39, 0.29) is 23.8 Å². The first-order chi connectivity index (χ1) is 17.0. The SMILES string of the molecule is C=CCc1cc(/C=C(/C#N)c2nc3ccc(F)cc3[nH]2)cc(OCC)c1OCc1ccc(F)cc1. The predicted octanol–water partition coefficient (Wildman–Crippen LogP) is 6.61. The van der Waals surface area contributed by atoms with Crippen molar-refractivity contribution in [3.05, 3.63) is 101 Å². The minimum Gasteiger partial charge on any atom is -0.490 e. The molecule has 4 rings (SSSR count). The van der Waals surface area contributed by atoms with Crippen LogP contribution in [0.15, 0.2) is 67.3 Å². The van der Waals surface area contributed by atoms with E-state index in [9.17, 15) is 14.0 Å². The fourth-order valence-corrected chi connectivity index (χ4v) is 3.67. The Balaban J connectivity index is 1.71. The van der Waals surface area contributed by atoms with Gasteiger partial charge < -0.3 is 14.5 Å². The minimum atomic E-state index is -0.387. The lowest BCUT2D eigenvalue weighted by atomic mass is 10.0. The number of nitriles is 1. The van der Waals surface area contributed by atoms with E-state index >= 15 is 0 Å². The summed E-state index contributed by atoms with van der Waals surface area (Å²) in [6.45, 7) is 6.35. The van der Waals surface area contributed by atoms with E-state index in [2.05, 4.69) is 22.6 Å². The van der Waals surface area contributed by atoms with Crippen molar-refractivity contribution < 1.29 is 18.3 Å². The van der Waals surface area contributed by atoms with Gasteiger partial charge in [-0.15, -0.1) is 6.58 Å². The van der Waals surface area contributed by atoms with E-state index < -0.39 is 0 Å². The van der Waals surface area contributed by atoms with Gasteiger partial charge in [-0.3, -0.25) is 0 Å². The molecule has 0 atom stereocenters. The van der Waals surface area contributed by atoms with Gasteiger partial charge in [-0.25, -0.2) is 13.8 Å². The molecule has 0 fully saturated rings. The average molecular weight is 472 g/mol. The van der Waals surface area contributed by atoms with Gasteiger partial charge in [0.25, 0.3) is 0 Å². The molecule has 176 valence electrons. The van der Waals surface area contributed by atoms with Crippen LogP contribution in [0, 0.1) is 23.0 Å². The summed E-state index contributed by atoms with van der Waals surface area (Å²) in [4.78, 5) is 7.41. The normalized spacial score (nSPS) is 11.3. The topological polar surface area (TPSA) is 70.9 Å². The van der Waals surface area contributed by atoms with Crippen LogP contribution in [0.4, 0.5) is 8.78 Å². The lowest BCUT2D eigenvalue weighted by molar-refractivity contribution is 0.267. The first-order valence-corrected chi connectivity index (χ1v) is 11.1. The molecule has 0 aliphatic rings. The Morgan fingerprint density at radius 2 is 1.86 bits per heavy atom. The number of hydrogen-bond acceptors (Lipinski definition) is 4. The summed E-state index contributed by atoms with van der Waals surface area (Å²) in [7, 11) is 0. The zero-order valence-electron chi connectivity index (χ0n) is 19.1. The quantitative estimate of drug-likeness (QED) is 0.220. The second kappa shape index (κ2) is 10.7. The maximum Gasteiger partial charge on any atom is 0.165 e. The maximum atomic E-state index is 13.6. The molecule has 35 heavy (non-hydrogen) atoms. The van der Waals surface area contributed by atoms with Gasteiger partial charge in [0.15, 0.2) is 11.5 Å². The van der Waals surface area contributed by atoms with Crippen molar-refractivity contribution in [3.63, 3.8) is 0 Å². The number of nitrogens with one attached hydrogen (secondary N) is 1. The summed E-state index contributed by atoms with van der Waals surface area (Å²) >= 11 is 0. The van der Waals surface area contributed by atoms with Crippen LogP contribution in [0.3, 0.4) is 0 Å². The number of rotatable bonds is 9. The second-order valence-corrected chi connectivity index (χ2v) is 7.76. The molecule has 0 spiro atoms. The van der Waals surface area contributed by atoms with Gasteiger partial charge in [-0.2, -0.15) is 5.26 Å². The van der Waals surface area contributed by atoms with Crippen molar-refractivity contribution in [1.82, 2.24) is 9.97 Å². The highest BCUT2D eigenvalue weighted by Crippen LogP contribution is 2.36. The fourth-order valence-electron chi connectivity index (χ4n) is 3.67. The Bertz CT molecular complexity index is 1430. The molecular weight excluding hydrogens is 448 g/mol. The maximum absolute atomic E-state index is 13.6. The van der Waals surface area contributed by atoms with Gasteiger partial charge in [-0.1, -0.05) is 18.2 Å². The molecule has 0 aliphatic carbocycles. The van der Waals surface area contributed by atoms with Gasteiger partial charge >= 0.3 is 0 Å². The van der Waals surface area contributed by atoms with Crippen molar-refractivity contribution in [2.24, 2.45) is 0 Å². The summed E-state index contributed by atoms with van der Waals surface area (Å²) in [5.41, 5.74) is 3.71. The van der Waals surface area contributed by atoms with Crippen molar-refractivity contribution in [2.75, 3.05) is 6.61 Å². The van der Waals surface area contributed by atoms with Crippen molar-refractivity contribution in [1.29, 1.82) is 5.26 Å². The van der Waals surface area contributed by atoms with E-state index in [1.54, 1.807) is 36.4 Å². The Kier molecular flexibility index (Phi) is 7.22. The standard InChI is InChI=1S/C28H23F2N3O2/c1-3-5-20-12-19(13-21(16-31)28-32-24-11-10-23(30)15-25(24)33-28)14-26(34-4-2)27(20)35-17-18-6-8-22(29)9-7-18/h3,6-15H,1,4-5,17H2,2H3,(H,32,33)/b21-13-. The van der Waals surface area contributed by atoms with E-state index in [1.807, 2.05) is 13.0 Å². The van der Waals surface area contributed by atoms with Gasteiger partial charge in [0.2, 0.25) is 0 Å². The molecule has 0 amide bonds. The number of H-pyrrole nitrogens is 1. The summed E-state index contributed by atoms with van der Waals surface area (Å²) in [6.07, 6.45) is 3.95. The molecule has 1 heterocycles. The molecule has 0 saturated carbocycles. The predicted molar refractivity (Wildman–Crippen MR) is 132 cm³/mol. The third kappa shape index (κ3) is 5.56. The van der Waals surface area contributed by atoms with Crippen LogP contribution in [-0.2, 0) is 13.0 Å². The Hall–Kier alpha value is -4.44. The zero-order chi connectivity index (χ0) is 24.8. The lowest BCUT2D eigenvalue weighted by Gasteiger charge is -2.17. The first kappa shape index (κ1) is 23.7. The van der Waals surface area contributed by atoms with Crippen LogP contribution < -0.4 is 9.47 Å². The lowest BCUT2D eigenvalue weighted by Crippen LogP contribution is -2.03. The number of benzene rings is 3. The van der Waals surface area contributed by atoms with Crippen LogP contribution in [0.5, 0.6) is 11.5 Å². The highest BCUT2D eigenvalue weighted by molar-refractivity contribution is 5.90. The number of imidazole rings is 1. The number of aromatic amines is 1. The molecule has 1 aromatic heterocycles. The molecule has 1 N–H and O–H groups in total. The van der Waals surface area contributed by atoms with E-state index in [1.165, 1.54) is 24.3 Å². The number of allylic oxidation sites excluding steroid dienone is 2. The van der Waals surface area contributed by atoms with Crippen LogP contribution in [0.25, 0.3) is 22.7 Å². The number of ether oxygens (including phenoxy) is 2. The molecule has 5 nitrogen and oxygen atoms in total. The molecular formula is C28H23F2N3O2. The summed E-state index contributed by atoms with van der Waals surface area (Å²) in [5.74, 6) is 0.722. The van der Waals surface area contributed by atoms with Crippen LogP contribution in [0.1, 0.15) is 29.4 Å². The van der Waals surface area contributed by atoms with Crippen molar-refractivity contribution >= 4 is 22.7 Å². The Morgan fingerprint density at radius 3 is 2.57 bits per heavy atom. The molecule has 0 aliphatic heterocycles. The molecule has 0 unspecified atom stereocenters. The molecule has 0 saturated heterocycles. The highest BCUT2D eigenvalue weighted by Gasteiger charge is 2.15. The summed E-state index contributed by atoms with van der Waals surface area (Å²) < 4.78 is 38.7. The average Bonchev–Trinajstić information content (AvgIpc) is 3.26. The Labute approximate surface area is 202 Å². The second-order valence-electron chi connectivity index (χ2n) is 7.76. The monoisotopic (exact) mass is 471 g/mol. The first-order valence-electron chi connectivity index (χ1n) is 11.1. The van der Waals surface area contributed by atoms with Gasteiger partial charge in [0.1, 0.15) is 30.1 Å². The summed E-state index contributed by atoms with van der Waals surface area (Å²) in [6, 6.07) is 16.2. The highest BCUT2D eigenvalue weighted by atomic mass is 19.1. The van der Waals surface area contributed by atoms with Gasteiger partial charge in [0, 0.05) is 5.56 Å². The number of hydrogen-bond donors (Lipinski definition) is 1. The molecule has 3 aromatic carbocycles. The van der Waals surface area contributed by atoms with Crippen LogP contribution in [0.2, 0.25) is 0 Å². The summed E-state index contributed by atoms with van der Waals surface area (Å²) in [5, 5.41) is 9.80. The molecule has 4 aromatic rings. The molecule has 0 bridgehead atoms. The van der Waals surface area contributed by atoms with Crippen LogP contribution >= 0.6 is 0 Å². The third-order valence-corrected chi connectivity index (χ3v) is 5.25. The number of halogens is 2. The fraction of sp³-hybridized carbons (Fsp3) is 0.143. The molecule has 7 heteroatoms. The minimum absolute atomic E-state index is 0.235. The smallest absolute Gasteiger partial charge is 0.165 e. The molecule has 0 radical (unpaired) electrons. The number of fused-ring (bicyclic) bond motifs is 1. The number of nitrogens with zero attached hydrogens (tertiary/aromatic N) is 2. The van der Waals surface area contributed by atoms with Crippen molar-refractivity contribution in [3.8, 4) is 17.6 Å². The zero-order valence-corrected chi connectivity index (χ0v) is 19.1. The van der Waals surface area contributed by atoms with Gasteiger partial charge in [0.05, 0.1) is 23.2 Å². The van der Waals surface area contributed by atoms with Crippen LogP contribution in [-0.4, -0.2) is 16.6 Å².